The maximum absolute atomic E-state index is 11.9. The lowest BCUT2D eigenvalue weighted by Crippen LogP contribution is -2.33. The minimum atomic E-state index is -1.53. The number of hydrogen-bond donors (Lipinski definition) is 2. The number of alkyl carbamates (subject to hydrolysis) is 1. The molecular formula is C16H26N4O5S2. The Morgan fingerprint density at radius 1 is 1.30 bits per heavy atom. The number of nitrogens with one attached hydrogen (secondary N) is 1. The molecule has 1 aromatic rings. The number of carbonyl (C=O) groups is 2. The van der Waals surface area contributed by atoms with Gasteiger partial charge < -0.3 is 20.5 Å². The van der Waals surface area contributed by atoms with Crippen molar-refractivity contribution < 1.29 is 23.3 Å². The second-order valence-electron chi connectivity index (χ2n) is 6.37. The number of primary amides is 1. The van der Waals surface area contributed by atoms with Gasteiger partial charge in [-0.1, -0.05) is 18.7 Å². The number of nitrogens with zero attached hydrogens (tertiary/aromatic N) is 2. The van der Waals surface area contributed by atoms with Crippen molar-refractivity contribution >= 4 is 34.6 Å². The number of amides is 2. The number of hydrogen-bond acceptors (Lipinski definition) is 8. The van der Waals surface area contributed by atoms with Crippen molar-refractivity contribution in [2.24, 2.45) is 5.73 Å². The predicted octanol–water partition coefficient (Wildman–Crippen LogP) is 1.72. The van der Waals surface area contributed by atoms with Gasteiger partial charge in [-0.25, -0.2) is 9.78 Å². The van der Waals surface area contributed by atoms with Crippen LogP contribution < -0.4 is 15.8 Å². The Morgan fingerprint density at radius 2 is 1.96 bits per heavy atom. The van der Waals surface area contributed by atoms with Gasteiger partial charge in [0, 0.05) is 12.8 Å². The Kier molecular flexibility index (Phi) is 8.97. The van der Waals surface area contributed by atoms with E-state index in [1.165, 1.54) is 18.0 Å². The van der Waals surface area contributed by atoms with Crippen LogP contribution in [0.25, 0.3) is 0 Å². The van der Waals surface area contributed by atoms with Crippen LogP contribution in [0.15, 0.2) is 10.2 Å². The van der Waals surface area contributed by atoms with Crippen LogP contribution in [0.2, 0.25) is 0 Å². The van der Waals surface area contributed by atoms with E-state index in [1.54, 1.807) is 20.8 Å². The molecule has 27 heavy (non-hydrogen) atoms. The van der Waals surface area contributed by atoms with E-state index in [9.17, 15) is 13.8 Å². The summed E-state index contributed by atoms with van der Waals surface area (Å²) in [4.78, 5) is 31.7. The van der Waals surface area contributed by atoms with Crippen LogP contribution in [0.5, 0.6) is 5.88 Å². The lowest BCUT2D eigenvalue weighted by Gasteiger charge is -2.19. The third kappa shape index (κ3) is 8.12. The molecule has 152 valence electrons. The second kappa shape index (κ2) is 10.5. The second-order valence-corrected chi connectivity index (χ2v) is 8.90. The Labute approximate surface area is 165 Å². The summed E-state index contributed by atoms with van der Waals surface area (Å²) in [5, 5.41) is 3.01. The van der Waals surface area contributed by atoms with Gasteiger partial charge >= 0.3 is 6.09 Å². The summed E-state index contributed by atoms with van der Waals surface area (Å²) in [6, 6.07) is 0. The highest BCUT2D eigenvalue weighted by molar-refractivity contribution is 7.99. The van der Waals surface area contributed by atoms with Crippen LogP contribution in [0, 0.1) is 0 Å². The Hall–Kier alpha value is -1.88. The van der Waals surface area contributed by atoms with E-state index in [4.69, 9.17) is 15.2 Å². The molecule has 0 saturated carbocycles. The van der Waals surface area contributed by atoms with Gasteiger partial charge in [-0.2, -0.15) is 4.98 Å². The van der Waals surface area contributed by atoms with E-state index in [0.29, 0.717) is 23.9 Å². The molecule has 0 fully saturated rings. The third-order valence-electron chi connectivity index (χ3n) is 2.84. The average Bonchev–Trinajstić information content (AvgIpc) is 2.52. The van der Waals surface area contributed by atoms with Gasteiger partial charge in [0.05, 0.1) is 17.4 Å². The van der Waals surface area contributed by atoms with Crippen molar-refractivity contribution in [3.05, 3.63) is 5.56 Å². The topological polar surface area (TPSA) is 134 Å². The fourth-order valence-electron chi connectivity index (χ4n) is 1.86. The molecule has 0 spiro atoms. The fourth-order valence-corrected chi connectivity index (χ4v) is 3.17. The third-order valence-corrected chi connectivity index (χ3v) is 4.41. The Balaban J connectivity index is 2.77. The summed E-state index contributed by atoms with van der Waals surface area (Å²) in [5.74, 6) is -0.114. The van der Waals surface area contributed by atoms with E-state index in [2.05, 4.69) is 15.3 Å². The molecule has 1 rings (SSSR count). The highest BCUT2D eigenvalue weighted by Crippen LogP contribution is 2.25. The minimum Gasteiger partial charge on any atom is -0.477 e. The number of nitrogens with two attached hydrogens (primary N) is 1. The Morgan fingerprint density at radius 3 is 2.48 bits per heavy atom. The molecule has 1 heterocycles. The normalized spacial score (nSPS) is 12.3. The largest absolute Gasteiger partial charge is 0.477 e. The summed E-state index contributed by atoms with van der Waals surface area (Å²) in [5.41, 5.74) is 4.73. The average molecular weight is 419 g/mol. The molecule has 3 N–H and O–H groups in total. The number of thioether (sulfide) groups is 1. The molecule has 9 nitrogen and oxygen atoms in total. The molecule has 1 unspecified atom stereocenters. The number of ether oxygens (including phenoxy) is 2. The zero-order valence-electron chi connectivity index (χ0n) is 16.2. The van der Waals surface area contributed by atoms with Crippen LogP contribution in [-0.4, -0.2) is 56.9 Å². The van der Waals surface area contributed by atoms with Crippen molar-refractivity contribution in [2.75, 3.05) is 25.2 Å². The van der Waals surface area contributed by atoms with Crippen molar-refractivity contribution in [1.82, 2.24) is 15.3 Å². The molecule has 0 aliphatic rings. The van der Waals surface area contributed by atoms with Crippen LogP contribution in [0.4, 0.5) is 4.79 Å². The van der Waals surface area contributed by atoms with Gasteiger partial charge in [-0.15, -0.1) is 0 Å². The van der Waals surface area contributed by atoms with Gasteiger partial charge in [0.25, 0.3) is 5.91 Å². The van der Waals surface area contributed by atoms with Crippen LogP contribution in [0.1, 0.15) is 44.5 Å². The lowest BCUT2D eigenvalue weighted by molar-refractivity contribution is 0.0525. The molecule has 0 aromatic carbocycles. The highest BCUT2D eigenvalue weighted by Gasteiger charge is 2.23. The predicted molar refractivity (Wildman–Crippen MR) is 104 cm³/mol. The molecule has 0 aliphatic heterocycles. The molecular weight excluding hydrogens is 392 g/mol. The molecule has 1 aromatic heterocycles. The highest BCUT2D eigenvalue weighted by atomic mass is 32.2. The number of rotatable bonds is 9. The van der Waals surface area contributed by atoms with Crippen molar-refractivity contribution in [3.63, 3.8) is 0 Å². The molecule has 0 saturated heterocycles. The first kappa shape index (κ1) is 23.2. The monoisotopic (exact) mass is 418 g/mol. The SMILES string of the molecule is CCSc1nc(OCCCNC(=O)OC(C)(C)C)c(C(N)=O)c(S(C)=O)n1. The van der Waals surface area contributed by atoms with Crippen LogP contribution in [0.3, 0.4) is 0 Å². The fraction of sp³-hybridized carbons (Fsp3) is 0.625. The van der Waals surface area contributed by atoms with E-state index >= 15 is 0 Å². The molecule has 2 amide bonds. The van der Waals surface area contributed by atoms with E-state index in [0.717, 1.165) is 0 Å². The lowest BCUT2D eigenvalue weighted by atomic mass is 10.2. The van der Waals surface area contributed by atoms with Crippen molar-refractivity contribution in [3.8, 4) is 5.88 Å². The molecule has 0 radical (unpaired) electrons. The Bertz CT molecular complexity index is 707. The summed E-state index contributed by atoms with van der Waals surface area (Å²) in [6.45, 7) is 7.72. The van der Waals surface area contributed by atoms with E-state index < -0.39 is 28.4 Å². The van der Waals surface area contributed by atoms with Crippen molar-refractivity contribution in [2.45, 2.75) is 49.9 Å². The summed E-state index contributed by atoms with van der Waals surface area (Å²) < 4.78 is 22.6. The van der Waals surface area contributed by atoms with E-state index in [-0.39, 0.29) is 23.1 Å². The van der Waals surface area contributed by atoms with Gasteiger partial charge in [-0.3, -0.25) is 9.00 Å². The van der Waals surface area contributed by atoms with Crippen LogP contribution in [-0.2, 0) is 15.5 Å². The molecule has 0 aliphatic carbocycles. The van der Waals surface area contributed by atoms with Crippen LogP contribution >= 0.6 is 11.8 Å². The smallest absolute Gasteiger partial charge is 0.407 e. The summed E-state index contributed by atoms with van der Waals surface area (Å²) >= 11 is 1.33. The van der Waals surface area contributed by atoms with Crippen molar-refractivity contribution in [1.29, 1.82) is 0 Å². The maximum Gasteiger partial charge on any atom is 0.407 e. The van der Waals surface area contributed by atoms with E-state index in [1.807, 2.05) is 6.92 Å². The summed E-state index contributed by atoms with van der Waals surface area (Å²) in [6.07, 6.45) is 1.33. The van der Waals surface area contributed by atoms with Gasteiger partial charge in [0.15, 0.2) is 5.16 Å². The van der Waals surface area contributed by atoms with Gasteiger partial charge in [0.2, 0.25) is 5.88 Å². The quantitative estimate of drug-likeness (QED) is 0.268. The number of aromatic nitrogens is 2. The number of carbonyl (C=O) groups excluding carboxylic acids is 2. The van der Waals surface area contributed by atoms with Gasteiger partial charge in [-0.05, 0) is 32.9 Å². The van der Waals surface area contributed by atoms with Gasteiger partial charge in [0.1, 0.15) is 16.2 Å². The zero-order valence-corrected chi connectivity index (χ0v) is 17.8. The first-order valence-corrected chi connectivity index (χ1v) is 10.9. The molecule has 0 bridgehead atoms. The standard InChI is InChI=1S/C16H26N4O5S2/c1-6-26-14-19-12(10(11(17)21)13(20-14)27(5)23)24-9-7-8-18-15(22)25-16(2,3)4/h6-9H2,1-5H3,(H2,17,21)(H,18,22). The maximum atomic E-state index is 11.9. The zero-order chi connectivity index (χ0) is 20.6. The molecule has 11 heteroatoms. The first-order valence-electron chi connectivity index (χ1n) is 8.32. The minimum absolute atomic E-state index is 0.00378. The summed E-state index contributed by atoms with van der Waals surface area (Å²) in [7, 11) is -1.53. The first-order chi connectivity index (χ1) is 12.5. The molecule has 1 atom stereocenters.